The second kappa shape index (κ2) is 7.98. The third-order valence-corrected chi connectivity index (χ3v) is 4.29. The van der Waals surface area contributed by atoms with Gasteiger partial charge in [0.25, 0.3) is 0 Å². The highest BCUT2D eigenvalue weighted by atomic mass is 35.5. The van der Waals surface area contributed by atoms with E-state index in [9.17, 15) is 4.79 Å². The van der Waals surface area contributed by atoms with Crippen molar-refractivity contribution < 1.29 is 4.79 Å². The van der Waals surface area contributed by atoms with E-state index in [1.54, 1.807) is 0 Å². The Morgan fingerprint density at radius 2 is 1.75 bits per heavy atom. The van der Waals surface area contributed by atoms with Gasteiger partial charge in [0.15, 0.2) is 0 Å². The number of carbonyl (C=O) groups excluding carboxylic acids is 1. The van der Waals surface area contributed by atoms with Crippen molar-refractivity contribution in [1.29, 1.82) is 0 Å². The zero-order valence-corrected chi connectivity index (χ0v) is 12.6. The van der Waals surface area contributed by atoms with Crippen LogP contribution in [0.4, 0.5) is 0 Å². The third-order valence-electron chi connectivity index (χ3n) is 2.77. The number of hydrogen-bond acceptors (Lipinski definition) is 2. The number of amides is 1. The lowest BCUT2D eigenvalue weighted by atomic mass is 10.1. The molecule has 2 aromatic carbocycles. The van der Waals surface area contributed by atoms with Gasteiger partial charge in [-0.25, -0.2) is 0 Å². The van der Waals surface area contributed by atoms with Crippen LogP contribution in [0, 0.1) is 0 Å². The van der Waals surface area contributed by atoms with Gasteiger partial charge in [-0.05, 0) is 24.1 Å². The highest BCUT2D eigenvalue weighted by molar-refractivity contribution is 8.00. The number of benzene rings is 2. The van der Waals surface area contributed by atoms with Crippen molar-refractivity contribution in [3.8, 4) is 0 Å². The Morgan fingerprint density at radius 1 is 1.05 bits per heavy atom. The molecule has 0 atom stereocenters. The molecule has 2 nitrogen and oxygen atoms in total. The fourth-order valence-corrected chi connectivity index (χ4v) is 2.82. The maximum atomic E-state index is 11.7. The van der Waals surface area contributed by atoms with E-state index in [1.807, 2.05) is 42.5 Å². The first-order valence-corrected chi connectivity index (χ1v) is 7.80. The molecule has 2 aromatic rings. The minimum absolute atomic E-state index is 0.0332. The number of carbonyl (C=O) groups is 1. The van der Waals surface area contributed by atoms with Crippen LogP contribution in [-0.2, 0) is 11.2 Å². The lowest BCUT2D eigenvalue weighted by Gasteiger charge is -2.06. The smallest absolute Gasteiger partial charge is 0.230 e. The van der Waals surface area contributed by atoms with Gasteiger partial charge in [-0.1, -0.05) is 54.1 Å². The molecule has 0 aliphatic rings. The molecule has 0 heterocycles. The molecule has 4 heteroatoms. The summed E-state index contributed by atoms with van der Waals surface area (Å²) in [5.41, 5.74) is 1.23. The molecule has 1 N–H and O–H groups in total. The van der Waals surface area contributed by atoms with Gasteiger partial charge < -0.3 is 5.32 Å². The van der Waals surface area contributed by atoms with Crippen molar-refractivity contribution in [2.75, 3.05) is 12.3 Å². The summed E-state index contributed by atoms with van der Waals surface area (Å²) in [5, 5.41) is 3.61. The molecule has 0 saturated carbocycles. The molecule has 20 heavy (non-hydrogen) atoms. The first-order chi connectivity index (χ1) is 9.75. The van der Waals surface area contributed by atoms with Crippen LogP contribution in [0.15, 0.2) is 59.5 Å². The maximum absolute atomic E-state index is 11.7. The summed E-state index contributed by atoms with van der Waals surface area (Å²) in [4.78, 5) is 12.7. The number of hydrogen-bond donors (Lipinski definition) is 1. The summed E-state index contributed by atoms with van der Waals surface area (Å²) < 4.78 is 0. The van der Waals surface area contributed by atoms with Crippen molar-refractivity contribution in [3.63, 3.8) is 0 Å². The van der Waals surface area contributed by atoms with Crippen molar-refractivity contribution in [1.82, 2.24) is 5.32 Å². The van der Waals surface area contributed by atoms with Crippen LogP contribution in [0.2, 0.25) is 5.02 Å². The van der Waals surface area contributed by atoms with Crippen LogP contribution < -0.4 is 5.32 Å². The minimum atomic E-state index is 0.0332. The Bertz CT molecular complexity index is 559. The maximum Gasteiger partial charge on any atom is 0.230 e. The van der Waals surface area contributed by atoms with Gasteiger partial charge in [0, 0.05) is 11.4 Å². The first-order valence-electron chi connectivity index (χ1n) is 6.43. The summed E-state index contributed by atoms with van der Waals surface area (Å²) in [7, 11) is 0. The lowest BCUT2D eigenvalue weighted by Crippen LogP contribution is -2.27. The molecule has 0 unspecified atom stereocenters. The Morgan fingerprint density at radius 3 is 2.50 bits per heavy atom. The molecule has 0 aromatic heterocycles. The van der Waals surface area contributed by atoms with Gasteiger partial charge in [-0.15, -0.1) is 11.8 Å². The molecule has 104 valence electrons. The first kappa shape index (κ1) is 14.9. The minimum Gasteiger partial charge on any atom is -0.355 e. The van der Waals surface area contributed by atoms with Crippen molar-refractivity contribution >= 4 is 29.3 Å². The summed E-state index contributed by atoms with van der Waals surface area (Å²) in [6.07, 6.45) is 0.851. The van der Waals surface area contributed by atoms with Crippen LogP contribution in [0.1, 0.15) is 5.56 Å². The Labute approximate surface area is 128 Å². The second-order valence-corrected chi connectivity index (χ2v) is 5.73. The average molecular weight is 306 g/mol. The van der Waals surface area contributed by atoms with Crippen LogP contribution in [-0.4, -0.2) is 18.2 Å². The van der Waals surface area contributed by atoms with Crippen molar-refractivity contribution in [2.24, 2.45) is 0 Å². The van der Waals surface area contributed by atoms with Gasteiger partial charge in [-0.2, -0.15) is 0 Å². The largest absolute Gasteiger partial charge is 0.355 e. The van der Waals surface area contributed by atoms with Gasteiger partial charge in [0.1, 0.15) is 0 Å². The molecule has 0 radical (unpaired) electrons. The zero-order chi connectivity index (χ0) is 14.2. The highest BCUT2D eigenvalue weighted by Crippen LogP contribution is 2.26. The van der Waals surface area contributed by atoms with Crippen LogP contribution >= 0.6 is 23.4 Å². The third kappa shape index (κ3) is 4.91. The number of rotatable bonds is 6. The monoisotopic (exact) mass is 305 g/mol. The molecule has 0 aliphatic carbocycles. The Balaban J connectivity index is 1.70. The van der Waals surface area contributed by atoms with Crippen molar-refractivity contribution in [2.45, 2.75) is 11.3 Å². The molecule has 0 aliphatic heterocycles. The SMILES string of the molecule is O=C(CSc1ccccc1Cl)NCCc1ccccc1. The molecule has 0 fully saturated rings. The molecule has 2 rings (SSSR count). The van der Waals surface area contributed by atoms with E-state index in [4.69, 9.17) is 11.6 Å². The zero-order valence-electron chi connectivity index (χ0n) is 11.0. The van der Waals surface area contributed by atoms with Gasteiger partial charge >= 0.3 is 0 Å². The van der Waals surface area contributed by atoms with E-state index in [-0.39, 0.29) is 5.91 Å². The van der Waals surface area contributed by atoms with Crippen LogP contribution in [0.3, 0.4) is 0 Å². The standard InChI is InChI=1S/C16H16ClNOS/c17-14-8-4-5-9-15(14)20-12-16(19)18-11-10-13-6-2-1-3-7-13/h1-9H,10-12H2,(H,18,19). The number of thioether (sulfide) groups is 1. The molecular formula is C16H16ClNOS. The van der Waals surface area contributed by atoms with E-state index < -0.39 is 0 Å². The van der Waals surface area contributed by atoms with E-state index in [0.717, 1.165) is 11.3 Å². The lowest BCUT2D eigenvalue weighted by molar-refractivity contribution is -0.118. The normalized spacial score (nSPS) is 10.2. The quantitative estimate of drug-likeness (QED) is 0.823. The van der Waals surface area contributed by atoms with Gasteiger partial charge in [-0.3, -0.25) is 4.79 Å². The summed E-state index contributed by atoms with van der Waals surface area (Å²) in [5.74, 6) is 0.421. The fourth-order valence-electron chi connectivity index (χ4n) is 1.75. The fraction of sp³-hybridized carbons (Fsp3) is 0.188. The van der Waals surface area contributed by atoms with Gasteiger partial charge in [0.2, 0.25) is 5.91 Å². The second-order valence-electron chi connectivity index (χ2n) is 4.30. The Hall–Kier alpha value is -1.45. The van der Waals surface area contributed by atoms with Crippen molar-refractivity contribution in [3.05, 3.63) is 65.2 Å². The average Bonchev–Trinajstić information content (AvgIpc) is 2.47. The summed E-state index contributed by atoms with van der Waals surface area (Å²) in [6.45, 7) is 0.659. The van der Waals surface area contributed by atoms with E-state index >= 15 is 0 Å². The molecule has 1 amide bonds. The van der Waals surface area contributed by atoms with Gasteiger partial charge in [0.05, 0.1) is 10.8 Å². The van der Waals surface area contributed by atoms with Crippen LogP contribution in [0.5, 0.6) is 0 Å². The molecule has 0 spiro atoms. The summed E-state index contributed by atoms with van der Waals surface area (Å²) in [6, 6.07) is 17.7. The van der Waals surface area contributed by atoms with E-state index in [2.05, 4.69) is 17.4 Å². The van der Waals surface area contributed by atoms with E-state index in [1.165, 1.54) is 17.3 Å². The van der Waals surface area contributed by atoms with Crippen LogP contribution in [0.25, 0.3) is 0 Å². The molecular weight excluding hydrogens is 290 g/mol. The Kier molecular flexibility index (Phi) is 5.96. The molecule has 0 bridgehead atoms. The topological polar surface area (TPSA) is 29.1 Å². The number of nitrogens with one attached hydrogen (secondary N) is 1. The van der Waals surface area contributed by atoms with E-state index in [0.29, 0.717) is 17.3 Å². The molecule has 0 saturated heterocycles. The predicted octanol–water partition coefficient (Wildman–Crippen LogP) is 3.79. The number of halogens is 1. The highest BCUT2D eigenvalue weighted by Gasteiger charge is 2.04. The summed E-state index contributed by atoms with van der Waals surface area (Å²) >= 11 is 7.50. The predicted molar refractivity (Wildman–Crippen MR) is 85.3 cm³/mol.